The van der Waals surface area contributed by atoms with Gasteiger partial charge in [0.15, 0.2) is 23.0 Å². The molecule has 10 nitrogen and oxygen atoms in total. The van der Waals surface area contributed by atoms with E-state index >= 15 is 0 Å². The number of benzene rings is 2. The lowest BCUT2D eigenvalue weighted by Crippen LogP contribution is -2.58. The molecule has 2 aromatic carbocycles. The second kappa shape index (κ2) is 10.6. The first-order valence-electron chi connectivity index (χ1n) is 11.6. The normalized spacial score (nSPS) is 30.0. The van der Waals surface area contributed by atoms with Crippen molar-refractivity contribution in [2.45, 2.75) is 62.5 Å². The highest BCUT2D eigenvalue weighted by molar-refractivity contribution is 5.55. The summed E-state index contributed by atoms with van der Waals surface area (Å²) in [5.74, 6) is 0.377. The summed E-state index contributed by atoms with van der Waals surface area (Å²) in [6.07, 6.45) is -5.60. The number of ether oxygens (including phenoxy) is 4. The minimum Gasteiger partial charge on any atom is -0.504 e. The first-order valence-corrected chi connectivity index (χ1v) is 11.6. The Kier molecular flexibility index (Phi) is 7.70. The minimum absolute atomic E-state index is 0.0263. The Labute approximate surface area is 202 Å². The molecule has 10 heteroatoms. The molecule has 0 spiro atoms. The van der Waals surface area contributed by atoms with Gasteiger partial charge < -0.3 is 49.6 Å². The van der Waals surface area contributed by atoms with Crippen molar-refractivity contribution in [2.24, 2.45) is 0 Å². The molecule has 0 saturated carbocycles. The van der Waals surface area contributed by atoms with E-state index in [1.807, 2.05) is 6.07 Å². The minimum atomic E-state index is -1.47. The number of methoxy groups -OCH3 is 1. The van der Waals surface area contributed by atoms with E-state index in [4.69, 9.17) is 24.1 Å². The van der Waals surface area contributed by atoms with E-state index in [1.165, 1.54) is 7.11 Å². The SMILES string of the molecule is COc1cc([C@@H]2Oc3c(O)cc(CCCO)cc3[C@@H]2CO)ccc1O[C@@H]1O[C@@H](C)[C@H](O)[C@@H](O)[C@H]1O. The molecule has 0 aromatic heterocycles. The lowest BCUT2D eigenvalue weighted by molar-refractivity contribution is -0.268. The van der Waals surface area contributed by atoms with Gasteiger partial charge in [0.25, 0.3) is 0 Å². The van der Waals surface area contributed by atoms with Gasteiger partial charge in [-0.25, -0.2) is 0 Å². The van der Waals surface area contributed by atoms with E-state index in [0.717, 1.165) is 5.56 Å². The van der Waals surface area contributed by atoms with E-state index in [9.17, 15) is 25.5 Å². The fourth-order valence-electron chi connectivity index (χ4n) is 4.59. The molecule has 1 fully saturated rings. The molecule has 35 heavy (non-hydrogen) atoms. The van der Waals surface area contributed by atoms with Crippen LogP contribution in [-0.4, -0.2) is 81.7 Å². The van der Waals surface area contributed by atoms with Crippen molar-refractivity contribution in [3.05, 3.63) is 47.0 Å². The number of hydrogen-bond acceptors (Lipinski definition) is 10. The average molecular weight is 493 g/mol. The largest absolute Gasteiger partial charge is 0.504 e. The van der Waals surface area contributed by atoms with Gasteiger partial charge in [-0.3, -0.25) is 0 Å². The molecule has 0 radical (unpaired) electrons. The Hall–Kier alpha value is -2.60. The van der Waals surface area contributed by atoms with Crippen molar-refractivity contribution in [3.8, 4) is 23.0 Å². The van der Waals surface area contributed by atoms with Crippen LogP contribution in [0.4, 0.5) is 0 Å². The molecular weight excluding hydrogens is 460 g/mol. The quantitative estimate of drug-likeness (QED) is 0.310. The summed E-state index contributed by atoms with van der Waals surface area (Å²) in [5, 5.41) is 60.0. The van der Waals surface area contributed by atoms with E-state index in [1.54, 1.807) is 31.2 Å². The number of rotatable bonds is 8. The van der Waals surface area contributed by atoms with Crippen molar-refractivity contribution < 1.29 is 49.6 Å². The van der Waals surface area contributed by atoms with E-state index in [2.05, 4.69) is 0 Å². The molecule has 2 aliphatic rings. The molecule has 0 aliphatic carbocycles. The first-order chi connectivity index (χ1) is 16.8. The second-order valence-electron chi connectivity index (χ2n) is 8.90. The Morgan fingerprint density at radius 2 is 1.74 bits per heavy atom. The van der Waals surface area contributed by atoms with Crippen LogP contribution < -0.4 is 14.2 Å². The van der Waals surface area contributed by atoms with Gasteiger partial charge in [0.05, 0.1) is 25.7 Å². The Morgan fingerprint density at radius 1 is 0.971 bits per heavy atom. The maximum absolute atomic E-state index is 10.5. The summed E-state index contributed by atoms with van der Waals surface area (Å²) >= 11 is 0. The van der Waals surface area contributed by atoms with Gasteiger partial charge in [0.2, 0.25) is 6.29 Å². The second-order valence-corrected chi connectivity index (χ2v) is 8.90. The Bertz CT molecular complexity index is 1030. The van der Waals surface area contributed by atoms with Crippen LogP contribution in [-0.2, 0) is 11.2 Å². The molecule has 192 valence electrons. The number of aliphatic hydroxyl groups excluding tert-OH is 5. The molecule has 2 aliphatic heterocycles. The number of hydrogen-bond donors (Lipinski definition) is 6. The van der Waals surface area contributed by atoms with Gasteiger partial charge in [-0.2, -0.15) is 0 Å². The van der Waals surface area contributed by atoms with Gasteiger partial charge in [-0.1, -0.05) is 12.1 Å². The van der Waals surface area contributed by atoms with Crippen LogP contribution in [0.3, 0.4) is 0 Å². The van der Waals surface area contributed by atoms with E-state index in [-0.39, 0.29) is 24.7 Å². The van der Waals surface area contributed by atoms with Crippen LogP contribution in [0.5, 0.6) is 23.0 Å². The lowest BCUT2D eigenvalue weighted by Gasteiger charge is -2.39. The van der Waals surface area contributed by atoms with E-state index < -0.39 is 42.7 Å². The highest BCUT2D eigenvalue weighted by Crippen LogP contribution is 2.51. The standard InChI is InChI=1S/C25H32O10/c1-12-20(29)21(30)22(31)25(33-12)34-18-6-5-14(10-19(18)32-2)23-16(11-27)15-8-13(4-3-7-26)9-17(28)24(15)35-23/h5-6,8-10,12,16,20-23,25-31H,3-4,7,11H2,1-2H3/t12-,16-,20-,21+,22+,23-,25-/m0/s1. The van der Waals surface area contributed by atoms with Crippen molar-refractivity contribution >= 4 is 0 Å². The highest BCUT2D eigenvalue weighted by atomic mass is 16.7. The molecule has 2 heterocycles. The zero-order chi connectivity index (χ0) is 25.3. The summed E-state index contributed by atoms with van der Waals surface area (Å²) in [7, 11) is 1.44. The van der Waals surface area contributed by atoms with Gasteiger partial charge in [0, 0.05) is 12.2 Å². The summed E-state index contributed by atoms with van der Waals surface area (Å²) in [6, 6.07) is 8.46. The topological polar surface area (TPSA) is 158 Å². The molecule has 0 unspecified atom stereocenters. The van der Waals surface area contributed by atoms with Crippen LogP contribution in [0.15, 0.2) is 30.3 Å². The Morgan fingerprint density at radius 3 is 2.43 bits per heavy atom. The van der Waals surface area contributed by atoms with Crippen LogP contribution in [0.1, 0.15) is 42.1 Å². The average Bonchev–Trinajstić information content (AvgIpc) is 3.24. The first kappa shape index (κ1) is 25.5. The van der Waals surface area contributed by atoms with Crippen LogP contribution in [0.25, 0.3) is 0 Å². The van der Waals surface area contributed by atoms with Gasteiger partial charge in [0.1, 0.15) is 24.4 Å². The summed E-state index contributed by atoms with van der Waals surface area (Å²) in [6.45, 7) is 1.38. The highest BCUT2D eigenvalue weighted by Gasteiger charge is 2.43. The van der Waals surface area contributed by atoms with Crippen molar-refractivity contribution in [1.82, 2.24) is 0 Å². The summed E-state index contributed by atoms with van der Waals surface area (Å²) in [4.78, 5) is 0. The molecule has 4 rings (SSSR count). The third-order valence-electron chi connectivity index (χ3n) is 6.56. The maximum Gasteiger partial charge on any atom is 0.229 e. The molecule has 0 bridgehead atoms. The maximum atomic E-state index is 10.5. The third kappa shape index (κ3) is 4.90. The van der Waals surface area contributed by atoms with Gasteiger partial charge in [-0.15, -0.1) is 0 Å². The fourth-order valence-corrected chi connectivity index (χ4v) is 4.59. The summed E-state index contributed by atoms with van der Waals surface area (Å²) < 4.78 is 22.8. The molecular formula is C25H32O10. The van der Waals surface area contributed by atoms with Crippen LogP contribution in [0.2, 0.25) is 0 Å². The van der Waals surface area contributed by atoms with Crippen LogP contribution >= 0.6 is 0 Å². The zero-order valence-electron chi connectivity index (χ0n) is 19.6. The van der Waals surface area contributed by atoms with Crippen molar-refractivity contribution in [1.29, 1.82) is 0 Å². The molecule has 6 N–H and O–H groups in total. The molecule has 2 aromatic rings. The third-order valence-corrected chi connectivity index (χ3v) is 6.56. The predicted octanol–water partition coefficient (Wildman–Crippen LogP) is 0.742. The monoisotopic (exact) mass is 492 g/mol. The smallest absolute Gasteiger partial charge is 0.229 e. The number of phenolic OH excluding ortho intramolecular Hbond substituents is 1. The fraction of sp³-hybridized carbons (Fsp3) is 0.520. The number of aryl methyl sites for hydroxylation is 1. The van der Waals surface area contributed by atoms with E-state index in [0.29, 0.717) is 35.5 Å². The zero-order valence-corrected chi connectivity index (χ0v) is 19.6. The molecule has 7 atom stereocenters. The predicted molar refractivity (Wildman–Crippen MR) is 123 cm³/mol. The van der Waals surface area contributed by atoms with Crippen LogP contribution in [0, 0.1) is 0 Å². The molecule has 1 saturated heterocycles. The molecule has 0 amide bonds. The van der Waals surface area contributed by atoms with Gasteiger partial charge in [-0.05, 0) is 49.1 Å². The van der Waals surface area contributed by atoms with Gasteiger partial charge >= 0.3 is 0 Å². The number of aliphatic hydroxyl groups is 5. The number of aromatic hydroxyl groups is 1. The van der Waals surface area contributed by atoms with Crippen molar-refractivity contribution in [2.75, 3.05) is 20.3 Å². The Balaban J connectivity index is 1.58. The van der Waals surface area contributed by atoms with Crippen molar-refractivity contribution in [3.63, 3.8) is 0 Å². The summed E-state index contributed by atoms with van der Waals surface area (Å²) in [5.41, 5.74) is 2.19. The number of phenols is 1. The lowest BCUT2D eigenvalue weighted by atomic mass is 9.90. The number of fused-ring (bicyclic) bond motifs is 1.